The summed E-state index contributed by atoms with van der Waals surface area (Å²) in [4.78, 5) is 19.5. The molecule has 0 bridgehead atoms. The molecule has 0 amide bonds. The summed E-state index contributed by atoms with van der Waals surface area (Å²) in [6, 6.07) is 49.3. The first-order valence-electron chi connectivity index (χ1n) is 18.0. The molecule has 6 rings (SSSR count). The molecule has 0 saturated carbocycles. The van der Waals surface area contributed by atoms with Gasteiger partial charge < -0.3 is 34.3 Å². The Hall–Kier alpha value is -4.95. The van der Waals surface area contributed by atoms with Gasteiger partial charge >= 0.3 is 0 Å². The molecule has 9 nitrogen and oxygen atoms in total. The maximum absolute atomic E-state index is 10.5. The largest absolute Gasteiger partial charge is 0.492 e. The van der Waals surface area contributed by atoms with Crippen LogP contribution in [0.25, 0.3) is 0 Å². The zero-order chi connectivity index (χ0) is 39.0. The van der Waals surface area contributed by atoms with E-state index in [1.165, 1.54) is 0 Å². The molecule has 1 atom stereocenters. The van der Waals surface area contributed by atoms with Crippen molar-refractivity contribution in [2.75, 3.05) is 52.8 Å². The Morgan fingerprint density at radius 2 is 0.643 bits per heavy atom. The lowest BCUT2D eigenvalue weighted by atomic mass is 10.3. The quantitative estimate of drug-likeness (QED) is 0.0374. The van der Waals surface area contributed by atoms with Crippen LogP contribution < -0.4 is 18.9 Å². The lowest BCUT2D eigenvalue weighted by molar-refractivity contribution is 0.201. The summed E-state index contributed by atoms with van der Waals surface area (Å²) in [6.07, 6.45) is 0. The third-order valence-electron chi connectivity index (χ3n) is 8.12. The maximum Gasteiger partial charge on any atom is 0.166 e. The molecule has 0 spiro atoms. The smallest absolute Gasteiger partial charge is 0.166 e. The fourth-order valence-electron chi connectivity index (χ4n) is 5.62. The van der Waals surface area contributed by atoms with Gasteiger partial charge in [-0.05, 0) is 146 Å². The van der Waals surface area contributed by atoms with Crippen molar-refractivity contribution in [3.63, 3.8) is 0 Å². The van der Waals surface area contributed by atoms with Crippen molar-refractivity contribution < 1.29 is 34.3 Å². The van der Waals surface area contributed by atoms with Crippen molar-refractivity contribution >= 4 is 33.6 Å². The number of hydrogen-bond donors (Lipinski definition) is 3. The number of aliphatic hydroxyl groups is 3. The van der Waals surface area contributed by atoms with Gasteiger partial charge in [-0.15, -0.1) is 0 Å². The molecule has 0 radical (unpaired) electrons. The molecule has 6 aromatic rings. The maximum atomic E-state index is 10.5. The van der Waals surface area contributed by atoms with Crippen LogP contribution in [0.5, 0.6) is 23.0 Å². The SMILES string of the molecule is O=NCCOc1ccc([S+](c2ccc(OCCO)cc2)c2ccc(Sc3ccc([S+](c4ccc(OCCO)cc4)c4ccc(OCCO)cc4)cc3)cc2)cc1. The monoisotopic (exact) mass is 809 g/mol. The molecule has 288 valence electrons. The Balaban J connectivity index is 1.22. The van der Waals surface area contributed by atoms with Crippen molar-refractivity contribution in [3.8, 4) is 23.0 Å². The summed E-state index contributed by atoms with van der Waals surface area (Å²) in [7, 11) is -0.838. The van der Waals surface area contributed by atoms with E-state index in [4.69, 9.17) is 18.9 Å². The van der Waals surface area contributed by atoms with E-state index in [1.54, 1.807) is 11.8 Å². The zero-order valence-corrected chi connectivity index (χ0v) is 33.0. The van der Waals surface area contributed by atoms with Crippen molar-refractivity contribution in [1.29, 1.82) is 0 Å². The average molecular weight is 810 g/mol. The first-order valence-corrected chi connectivity index (χ1v) is 21.2. The minimum atomic E-state index is -0.426. The molecular formula is C44H43NO8S3+2. The van der Waals surface area contributed by atoms with Crippen molar-refractivity contribution in [3.05, 3.63) is 150 Å². The van der Waals surface area contributed by atoms with Gasteiger partial charge in [-0.3, -0.25) is 0 Å². The van der Waals surface area contributed by atoms with Crippen molar-refractivity contribution in [2.45, 2.75) is 39.2 Å². The summed E-state index contributed by atoms with van der Waals surface area (Å²) in [5, 5.41) is 30.4. The van der Waals surface area contributed by atoms with E-state index in [9.17, 15) is 20.2 Å². The van der Waals surface area contributed by atoms with E-state index in [-0.39, 0.29) is 52.8 Å². The summed E-state index contributed by atoms with van der Waals surface area (Å²) < 4.78 is 22.5. The molecule has 0 aliphatic rings. The minimum Gasteiger partial charge on any atom is -0.492 e. The Labute approximate surface area is 336 Å². The number of nitroso groups, excluding NO2 is 1. The molecule has 0 aromatic heterocycles. The van der Waals surface area contributed by atoms with Crippen LogP contribution in [0.4, 0.5) is 0 Å². The third-order valence-corrected chi connectivity index (χ3v) is 13.6. The molecule has 0 heterocycles. The van der Waals surface area contributed by atoms with Crippen LogP contribution >= 0.6 is 11.8 Å². The molecule has 0 aliphatic heterocycles. The van der Waals surface area contributed by atoms with Gasteiger partial charge in [0, 0.05) is 9.79 Å². The number of aliphatic hydroxyl groups excluding tert-OH is 3. The molecule has 1 unspecified atom stereocenters. The predicted molar refractivity (Wildman–Crippen MR) is 221 cm³/mol. The first-order chi connectivity index (χ1) is 27.6. The second-order valence-corrected chi connectivity index (χ2v) is 17.2. The van der Waals surface area contributed by atoms with Crippen LogP contribution in [0, 0.1) is 4.91 Å². The van der Waals surface area contributed by atoms with Gasteiger partial charge in [0.15, 0.2) is 29.4 Å². The number of hydrogen-bond acceptors (Lipinski definition) is 10. The highest BCUT2D eigenvalue weighted by molar-refractivity contribution is 7.99. The van der Waals surface area contributed by atoms with Crippen LogP contribution in [-0.2, 0) is 21.8 Å². The van der Waals surface area contributed by atoms with Crippen LogP contribution in [0.1, 0.15) is 0 Å². The third kappa shape index (κ3) is 11.3. The normalized spacial score (nSPS) is 11.6. The van der Waals surface area contributed by atoms with E-state index in [0.717, 1.165) is 39.2 Å². The van der Waals surface area contributed by atoms with E-state index in [0.29, 0.717) is 23.0 Å². The predicted octanol–water partition coefficient (Wildman–Crippen LogP) is 8.29. The number of nitrogens with zero attached hydrogens (tertiary/aromatic N) is 1. The van der Waals surface area contributed by atoms with Gasteiger partial charge in [0.05, 0.1) is 41.6 Å². The number of benzene rings is 6. The summed E-state index contributed by atoms with van der Waals surface area (Å²) in [6.45, 7) is 0.925. The lowest BCUT2D eigenvalue weighted by Crippen LogP contribution is -2.06. The Morgan fingerprint density at radius 3 is 0.893 bits per heavy atom. The van der Waals surface area contributed by atoms with Gasteiger partial charge in [-0.2, -0.15) is 4.91 Å². The molecule has 3 N–H and O–H groups in total. The van der Waals surface area contributed by atoms with Crippen LogP contribution in [0.15, 0.2) is 190 Å². The summed E-state index contributed by atoms with van der Waals surface area (Å²) >= 11 is 1.70. The average Bonchev–Trinajstić information content (AvgIpc) is 3.25. The fourth-order valence-corrected chi connectivity index (χ4v) is 10.5. The second-order valence-electron chi connectivity index (χ2n) is 12.0. The van der Waals surface area contributed by atoms with E-state index in [1.807, 2.05) is 48.5 Å². The van der Waals surface area contributed by atoms with Gasteiger partial charge in [0.1, 0.15) is 56.0 Å². The molecule has 0 fully saturated rings. The topological polar surface area (TPSA) is 127 Å². The Bertz CT molecular complexity index is 2010. The van der Waals surface area contributed by atoms with E-state index >= 15 is 0 Å². The lowest BCUT2D eigenvalue weighted by Gasteiger charge is -2.12. The number of ether oxygens (including phenoxy) is 4. The van der Waals surface area contributed by atoms with Gasteiger partial charge in [0.25, 0.3) is 0 Å². The van der Waals surface area contributed by atoms with Crippen molar-refractivity contribution in [1.82, 2.24) is 0 Å². The van der Waals surface area contributed by atoms with Crippen LogP contribution in [0.3, 0.4) is 0 Å². The van der Waals surface area contributed by atoms with Crippen LogP contribution in [-0.4, -0.2) is 68.1 Å². The van der Waals surface area contributed by atoms with Crippen LogP contribution in [0.2, 0.25) is 0 Å². The minimum absolute atomic E-state index is 0.0429. The Morgan fingerprint density at radius 1 is 0.393 bits per heavy atom. The highest BCUT2D eigenvalue weighted by Crippen LogP contribution is 2.38. The first kappa shape index (κ1) is 40.7. The fraction of sp³-hybridized carbons (Fsp3) is 0.182. The molecule has 0 aliphatic carbocycles. The summed E-state index contributed by atoms with van der Waals surface area (Å²) in [5.41, 5.74) is 0. The number of rotatable bonds is 21. The highest BCUT2D eigenvalue weighted by atomic mass is 32.2. The van der Waals surface area contributed by atoms with Gasteiger partial charge in [-0.1, -0.05) is 16.9 Å². The van der Waals surface area contributed by atoms with Crippen molar-refractivity contribution in [2.24, 2.45) is 5.18 Å². The molecular weight excluding hydrogens is 767 g/mol. The van der Waals surface area contributed by atoms with E-state index in [2.05, 4.69) is 102 Å². The molecule has 0 saturated heterocycles. The second kappa shape index (κ2) is 21.4. The summed E-state index contributed by atoms with van der Waals surface area (Å²) in [5.74, 6) is 2.80. The molecule has 56 heavy (non-hydrogen) atoms. The van der Waals surface area contributed by atoms with Gasteiger partial charge in [0.2, 0.25) is 0 Å². The Kier molecular flexibility index (Phi) is 15.5. The molecule has 12 heteroatoms. The molecule has 6 aromatic carbocycles. The zero-order valence-electron chi connectivity index (χ0n) is 30.6. The highest BCUT2D eigenvalue weighted by Gasteiger charge is 2.30. The van der Waals surface area contributed by atoms with E-state index < -0.39 is 21.8 Å². The standard InChI is InChI=1S/C44H43NO8S3/c46-26-30-51-34-3-15-40(16-4-34)55(39-13-1-33(2-14-39)50-29-25-45-49)43-21-9-37(10-22-43)54-38-11-23-44(24-12-38)56(41-17-5-35(6-18-41)52-31-27-47)42-19-7-36(8-20-42)53-32-28-48/h1-24,46-48H,25-32H2/q+2. The van der Waals surface area contributed by atoms with Gasteiger partial charge in [-0.25, -0.2) is 0 Å².